The zero-order valence-corrected chi connectivity index (χ0v) is 9.68. The number of carbonyl (C=O) groups excluding carboxylic acids is 1. The van der Waals surface area contributed by atoms with Crippen LogP contribution in [0.3, 0.4) is 0 Å². The summed E-state index contributed by atoms with van der Waals surface area (Å²) in [4.78, 5) is 10.9. The van der Waals surface area contributed by atoms with Gasteiger partial charge in [-0.15, -0.1) is 11.6 Å². The Hall–Kier alpha value is -1.02. The lowest BCUT2D eigenvalue weighted by Crippen LogP contribution is -2.26. The summed E-state index contributed by atoms with van der Waals surface area (Å²) in [6.45, 7) is 2.78. The molecule has 2 nitrogen and oxygen atoms in total. The van der Waals surface area contributed by atoms with Crippen LogP contribution in [0.2, 0.25) is 0 Å². The Kier molecular flexibility index (Phi) is 5.19. The molecule has 0 heterocycles. The number of halogens is 1. The van der Waals surface area contributed by atoms with Crippen molar-refractivity contribution in [1.82, 2.24) is 5.32 Å². The van der Waals surface area contributed by atoms with Gasteiger partial charge in [-0.3, -0.25) is 4.79 Å². The first-order valence-corrected chi connectivity index (χ1v) is 5.70. The summed E-state index contributed by atoms with van der Waals surface area (Å²) >= 11 is 5.36. The van der Waals surface area contributed by atoms with Crippen LogP contribution in [0.5, 0.6) is 0 Å². The first kappa shape index (κ1) is 12.1. The Morgan fingerprint density at radius 2 is 1.87 bits per heavy atom. The van der Waals surface area contributed by atoms with Crippen molar-refractivity contribution in [3.05, 3.63) is 35.4 Å². The van der Waals surface area contributed by atoms with Crippen molar-refractivity contribution >= 4 is 17.5 Å². The zero-order valence-electron chi connectivity index (χ0n) is 8.92. The van der Waals surface area contributed by atoms with Crippen LogP contribution in [-0.4, -0.2) is 18.3 Å². The number of aryl methyl sites for hydroxylation is 1. The Morgan fingerprint density at radius 3 is 2.40 bits per heavy atom. The molecule has 1 N–H and O–H groups in total. The molecule has 0 aliphatic carbocycles. The maximum atomic E-state index is 10.9. The number of nitrogens with one attached hydrogen (secondary N) is 1. The maximum Gasteiger partial charge on any atom is 0.234 e. The van der Waals surface area contributed by atoms with E-state index >= 15 is 0 Å². The summed E-state index contributed by atoms with van der Waals surface area (Å²) in [6, 6.07) is 8.45. The number of amides is 1. The highest BCUT2D eigenvalue weighted by atomic mass is 35.5. The van der Waals surface area contributed by atoms with Gasteiger partial charge in [-0.2, -0.15) is 0 Å². The molecule has 0 saturated heterocycles. The Morgan fingerprint density at radius 1 is 1.27 bits per heavy atom. The molecule has 0 fully saturated rings. The van der Waals surface area contributed by atoms with E-state index in [2.05, 4.69) is 36.5 Å². The van der Waals surface area contributed by atoms with Crippen LogP contribution >= 0.6 is 11.6 Å². The van der Waals surface area contributed by atoms with Gasteiger partial charge in [0.1, 0.15) is 5.88 Å². The van der Waals surface area contributed by atoms with Gasteiger partial charge in [0.05, 0.1) is 0 Å². The van der Waals surface area contributed by atoms with Gasteiger partial charge in [-0.1, -0.05) is 31.2 Å². The van der Waals surface area contributed by atoms with E-state index in [1.807, 2.05) is 0 Å². The van der Waals surface area contributed by atoms with E-state index in [0.717, 1.165) is 12.8 Å². The smallest absolute Gasteiger partial charge is 0.234 e. The topological polar surface area (TPSA) is 29.1 Å². The van der Waals surface area contributed by atoms with E-state index in [4.69, 9.17) is 11.6 Å². The minimum Gasteiger partial charge on any atom is -0.355 e. The highest BCUT2D eigenvalue weighted by Gasteiger charge is 1.97. The lowest BCUT2D eigenvalue weighted by molar-refractivity contribution is -0.118. The average Bonchev–Trinajstić information content (AvgIpc) is 2.29. The molecule has 82 valence electrons. The standard InChI is InChI=1S/C12H16ClNO/c1-2-10-3-5-11(6-4-10)7-8-14-12(15)9-13/h3-6H,2,7-9H2,1H3,(H,14,15). The molecule has 0 aliphatic heterocycles. The largest absolute Gasteiger partial charge is 0.355 e. The van der Waals surface area contributed by atoms with Gasteiger partial charge >= 0.3 is 0 Å². The van der Waals surface area contributed by atoms with E-state index in [0.29, 0.717) is 6.54 Å². The molecule has 0 bridgehead atoms. The van der Waals surface area contributed by atoms with Crippen molar-refractivity contribution in [3.8, 4) is 0 Å². The van der Waals surface area contributed by atoms with Crippen LogP contribution in [0, 0.1) is 0 Å². The molecule has 1 aromatic rings. The number of hydrogen-bond acceptors (Lipinski definition) is 1. The normalized spacial score (nSPS) is 10.0. The number of alkyl halides is 1. The Labute approximate surface area is 95.6 Å². The fraction of sp³-hybridized carbons (Fsp3) is 0.417. The SMILES string of the molecule is CCc1ccc(CCNC(=O)CCl)cc1. The maximum absolute atomic E-state index is 10.9. The van der Waals surface area contributed by atoms with Gasteiger partial charge < -0.3 is 5.32 Å². The van der Waals surface area contributed by atoms with E-state index in [9.17, 15) is 4.79 Å². The van der Waals surface area contributed by atoms with Gasteiger partial charge in [0.15, 0.2) is 0 Å². The third-order valence-electron chi connectivity index (χ3n) is 2.29. The van der Waals surface area contributed by atoms with Crippen LogP contribution in [-0.2, 0) is 17.6 Å². The number of rotatable bonds is 5. The van der Waals surface area contributed by atoms with E-state index < -0.39 is 0 Å². The number of hydrogen-bond donors (Lipinski definition) is 1. The van der Waals surface area contributed by atoms with Crippen molar-refractivity contribution < 1.29 is 4.79 Å². The van der Waals surface area contributed by atoms with Crippen molar-refractivity contribution in [3.63, 3.8) is 0 Å². The molecule has 0 aromatic heterocycles. The third-order valence-corrected chi connectivity index (χ3v) is 2.53. The van der Waals surface area contributed by atoms with E-state index in [1.54, 1.807) is 0 Å². The molecule has 0 spiro atoms. The predicted octanol–water partition coefficient (Wildman–Crippen LogP) is 2.15. The van der Waals surface area contributed by atoms with Crippen molar-refractivity contribution in [2.24, 2.45) is 0 Å². The van der Waals surface area contributed by atoms with Crippen LogP contribution in [0.15, 0.2) is 24.3 Å². The summed E-state index contributed by atoms with van der Waals surface area (Å²) < 4.78 is 0. The minimum atomic E-state index is -0.109. The summed E-state index contributed by atoms with van der Waals surface area (Å²) in [6.07, 6.45) is 1.91. The summed E-state index contributed by atoms with van der Waals surface area (Å²) in [7, 11) is 0. The molecule has 0 atom stereocenters. The second-order valence-corrected chi connectivity index (χ2v) is 3.67. The van der Waals surface area contributed by atoms with Gasteiger partial charge in [0.2, 0.25) is 5.91 Å². The molecule has 1 rings (SSSR count). The molecular formula is C12H16ClNO. The minimum absolute atomic E-state index is 0.0365. The van der Waals surface area contributed by atoms with Crippen LogP contribution < -0.4 is 5.32 Å². The lowest BCUT2D eigenvalue weighted by atomic mass is 10.1. The quantitative estimate of drug-likeness (QED) is 0.765. The molecule has 0 aliphatic rings. The highest BCUT2D eigenvalue weighted by Crippen LogP contribution is 2.05. The molecule has 0 radical (unpaired) electrons. The number of carbonyl (C=O) groups is 1. The van der Waals surface area contributed by atoms with E-state index in [-0.39, 0.29) is 11.8 Å². The van der Waals surface area contributed by atoms with Crippen LogP contribution in [0.1, 0.15) is 18.1 Å². The zero-order chi connectivity index (χ0) is 11.1. The van der Waals surface area contributed by atoms with Gasteiger partial charge in [-0.25, -0.2) is 0 Å². The molecule has 1 aromatic carbocycles. The fourth-order valence-corrected chi connectivity index (χ4v) is 1.43. The second kappa shape index (κ2) is 6.46. The molecule has 0 unspecified atom stereocenters. The van der Waals surface area contributed by atoms with Crippen LogP contribution in [0.4, 0.5) is 0 Å². The molecule has 0 saturated carbocycles. The first-order valence-electron chi connectivity index (χ1n) is 5.16. The Bertz CT molecular complexity index is 308. The van der Waals surface area contributed by atoms with Gasteiger partial charge in [0.25, 0.3) is 0 Å². The third kappa shape index (κ3) is 4.34. The summed E-state index contributed by atoms with van der Waals surface area (Å²) in [5, 5.41) is 2.74. The summed E-state index contributed by atoms with van der Waals surface area (Å²) in [5.74, 6) is -0.0729. The van der Waals surface area contributed by atoms with Crippen molar-refractivity contribution in [1.29, 1.82) is 0 Å². The predicted molar refractivity (Wildman–Crippen MR) is 63.3 cm³/mol. The lowest BCUT2D eigenvalue weighted by Gasteiger charge is -2.04. The second-order valence-electron chi connectivity index (χ2n) is 3.40. The van der Waals surface area contributed by atoms with Gasteiger partial charge in [-0.05, 0) is 24.0 Å². The molecule has 1 amide bonds. The first-order chi connectivity index (χ1) is 7.26. The Balaban J connectivity index is 2.34. The average molecular weight is 226 g/mol. The highest BCUT2D eigenvalue weighted by molar-refractivity contribution is 6.27. The fourth-order valence-electron chi connectivity index (χ4n) is 1.34. The number of benzene rings is 1. The van der Waals surface area contributed by atoms with Gasteiger partial charge in [0, 0.05) is 6.54 Å². The van der Waals surface area contributed by atoms with Crippen LogP contribution in [0.25, 0.3) is 0 Å². The van der Waals surface area contributed by atoms with Crippen molar-refractivity contribution in [2.45, 2.75) is 19.8 Å². The summed E-state index contributed by atoms with van der Waals surface area (Å²) in [5.41, 5.74) is 2.57. The monoisotopic (exact) mass is 225 g/mol. The molecule has 3 heteroatoms. The van der Waals surface area contributed by atoms with E-state index in [1.165, 1.54) is 11.1 Å². The van der Waals surface area contributed by atoms with Crippen molar-refractivity contribution in [2.75, 3.05) is 12.4 Å². The molecule has 15 heavy (non-hydrogen) atoms. The molecular weight excluding hydrogens is 210 g/mol.